The number of amides is 3. The molecule has 0 saturated carbocycles. The lowest BCUT2D eigenvalue weighted by Crippen LogP contribution is -2.57. The predicted molar refractivity (Wildman–Crippen MR) is 100 cm³/mol. The molecule has 1 aromatic rings. The Morgan fingerprint density at radius 2 is 1.88 bits per heavy atom. The molecule has 6 nitrogen and oxygen atoms in total. The topological polar surface area (TPSA) is 53.1 Å². The predicted octanol–water partition coefficient (Wildman–Crippen LogP) is 2.17. The maximum absolute atomic E-state index is 12.8. The minimum Gasteiger partial charge on any atom is -0.383 e. The van der Waals surface area contributed by atoms with Gasteiger partial charge in [-0.1, -0.05) is 30.3 Å². The SMILES string of the molecule is COCCN1C(=O)C[C@@H](c2ccccc2)C12CCN(C(=O)N(C)C)CC2. The molecule has 0 aliphatic carbocycles. The van der Waals surface area contributed by atoms with Crippen molar-refractivity contribution in [3.8, 4) is 0 Å². The molecule has 3 amide bonds. The second-order valence-corrected chi connectivity index (χ2v) is 7.47. The number of piperidine rings is 1. The van der Waals surface area contributed by atoms with Gasteiger partial charge >= 0.3 is 6.03 Å². The molecule has 2 aliphatic rings. The van der Waals surface area contributed by atoms with Gasteiger partial charge in [0.05, 0.1) is 12.1 Å². The van der Waals surface area contributed by atoms with Crippen LogP contribution in [0.1, 0.15) is 30.7 Å². The summed E-state index contributed by atoms with van der Waals surface area (Å²) in [7, 11) is 5.23. The van der Waals surface area contributed by atoms with Gasteiger partial charge in [-0.15, -0.1) is 0 Å². The van der Waals surface area contributed by atoms with Crippen LogP contribution in [0.3, 0.4) is 0 Å². The second kappa shape index (κ2) is 7.66. The van der Waals surface area contributed by atoms with E-state index in [-0.39, 0.29) is 23.4 Å². The standard InChI is InChI=1S/C20H29N3O3/c1-21(2)19(25)22-11-9-20(10-12-22)17(16-7-5-4-6-8-16)15-18(24)23(20)13-14-26-3/h4-8,17H,9-15H2,1-3H3/t17-/m0/s1. The molecular weight excluding hydrogens is 330 g/mol. The molecule has 2 saturated heterocycles. The summed E-state index contributed by atoms with van der Waals surface area (Å²) < 4.78 is 5.25. The van der Waals surface area contributed by atoms with Crippen molar-refractivity contribution in [1.82, 2.24) is 14.7 Å². The molecule has 2 aliphatic heterocycles. The molecule has 1 atom stereocenters. The van der Waals surface area contributed by atoms with Crippen molar-refractivity contribution >= 4 is 11.9 Å². The Morgan fingerprint density at radius 1 is 1.23 bits per heavy atom. The van der Waals surface area contributed by atoms with Crippen LogP contribution in [0.4, 0.5) is 4.79 Å². The Morgan fingerprint density at radius 3 is 2.46 bits per heavy atom. The molecule has 142 valence electrons. The first kappa shape index (κ1) is 18.7. The summed E-state index contributed by atoms with van der Waals surface area (Å²) in [4.78, 5) is 30.7. The van der Waals surface area contributed by atoms with E-state index >= 15 is 0 Å². The summed E-state index contributed by atoms with van der Waals surface area (Å²) in [6, 6.07) is 10.4. The highest BCUT2D eigenvalue weighted by atomic mass is 16.5. The average molecular weight is 359 g/mol. The number of likely N-dealkylation sites (tertiary alicyclic amines) is 2. The minimum atomic E-state index is -0.222. The number of carbonyl (C=O) groups is 2. The molecule has 3 rings (SSSR count). The van der Waals surface area contributed by atoms with E-state index in [9.17, 15) is 9.59 Å². The van der Waals surface area contributed by atoms with Gasteiger partial charge < -0.3 is 19.4 Å². The Hall–Kier alpha value is -2.08. The van der Waals surface area contributed by atoms with E-state index in [1.807, 2.05) is 28.0 Å². The fourth-order valence-electron chi connectivity index (χ4n) is 4.54. The third-order valence-electron chi connectivity index (χ3n) is 5.87. The van der Waals surface area contributed by atoms with Crippen LogP contribution in [-0.2, 0) is 9.53 Å². The molecule has 0 aromatic heterocycles. The van der Waals surface area contributed by atoms with Gasteiger partial charge in [0, 0.05) is 53.2 Å². The molecule has 2 heterocycles. The lowest BCUT2D eigenvalue weighted by atomic mass is 9.73. The average Bonchev–Trinajstić information content (AvgIpc) is 2.92. The molecule has 1 aromatic carbocycles. The van der Waals surface area contributed by atoms with Crippen molar-refractivity contribution < 1.29 is 14.3 Å². The van der Waals surface area contributed by atoms with Crippen LogP contribution in [0.2, 0.25) is 0 Å². The van der Waals surface area contributed by atoms with Gasteiger partial charge in [-0.25, -0.2) is 4.79 Å². The maximum atomic E-state index is 12.8. The number of benzene rings is 1. The van der Waals surface area contributed by atoms with E-state index in [0.717, 1.165) is 12.8 Å². The van der Waals surface area contributed by atoms with Crippen molar-refractivity contribution in [3.05, 3.63) is 35.9 Å². The number of hydrogen-bond acceptors (Lipinski definition) is 3. The molecule has 2 fully saturated rings. The zero-order valence-electron chi connectivity index (χ0n) is 16.0. The minimum absolute atomic E-state index is 0.0453. The highest BCUT2D eigenvalue weighted by Crippen LogP contribution is 2.48. The number of ether oxygens (including phenoxy) is 1. The Balaban J connectivity index is 1.87. The summed E-state index contributed by atoms with van der Waals surface area (Å²) in [5.74, 6) is 0.368. The van der Waals surface area contributed by atoms with E-state index in [0.29, 0.717) is 32.7 Å². The molecule has 6 heteroatoms. The normalized spacial score (nSPS) is 22.1. The zero-order chi connectivity index (χ0) is 18.7. The number of nitrogens with zero attached hydrogens (tertiary/aromatic N) is 3. The van der Waals surface area contributed by atoms with E-state index < -0.39 is 0 Å². The van der Waals surface area contributed by atoms with Gasteiger partial charge in [0.15, 0.2) is 0 Å². The number of carbonyl (C=O) groups excluding carboxylic acids is 2. The lowest BCUT2D eigenvalue weighted by Gasteiger charge is -2.48. The van der Waals surface area contributed by atoms with Crippen LogP contribution in [0.25, 0.3) is 0 Å². The van der Waals surface area contributed by atoms with Crippen LogP contribution in [0, 0.1) is 0 Å². The molecule has 0 unspecified atom stereocenters. The molecule has 0 radical (unpaired) electrons. The van der Waals surface area contributed by atoms with Gasteiger partial charge in [-0.3, -0.25) is 4.79 Å². The molecule has 26 heavy (non-hydrogen) atoms. The zero-order valence-corrected chi connectivity index (χ0v) is 16.0. The second-order valence-electron chi connectivity index (χ2n) is 7.47. The first-order valence-corrected chi connectivity index (χ1v) is 9.30. The maximum Gasteiger partial charge on any atom is 0.319 e. The van der Waals surface area contributed by atoms with E-state index in [1.165, 1.54) is 5.56 Å². The van der Waals surface area contributed by atoms with Crippen molar-refractivity contribution in [2.75, 3.05) is 47.4 Å². The fraction of sp³-hybridized carbons (Fsp3) is 0.600. The lowest BCUT2D eigenvalue weighted by molar-refractivity contribution is -0.133. The van der Waals surface area contributed by atoms with Gasteiger partial charge in [0.25, 0.3) is 0 Å². The van der Waals surface area contributed by atoms with E-state index in [4.69, 9.17) is 4.74 Å². The third-order valence-corrected chi connectivity index (χ3v) is 5.87. The molecular formula is C20H29N3O3. The highest BCUT2D eigenvalue weighted by molar-refractivity contribution is 5.82. The van der Waals surface area contributed by atoms with Crippen molar-refractivity contribution in [3.63, 3.8) is 0 Å². The third kappa shape index (κ3) is 3.30. The van der Waals surface area contributed by atoms with Crippen LogP contribution < -0.4 is 0 Å². The summed E-state index contributed by atoms with van der Waals surface area (Å²) >= 11 is 0. The van der Waals surface area contributed by atoms with E-state index in [1.54, 1.807) is 26.1 Å². The summed E-state index contributed by atoms with van der Waals surface area (Å²) in [5.41, 5.74) is 0.994. The Kier molecular flexibility index (Phi) is 5.51. The van der Waals surface area contributed by atoms with Gasteiger partial charge in [0.2, 0.25) is 5.91 Å². The largest absolute Gasteiger partial charge is 0.383 e. The summed E-state index contributed by atoms with van der Waals surface area (Å²) in [5, 5.41) is 0. The quantitative estimate of drug-likeness (QED) is 0.828. The van der Waals surface area contributed by atoms with Crippen molar-refractivity contribution in [1.29, 1.82) is 0 Å². The Bertz CT molecular complexity index is 639. The van der Waals surface area contributed by atoms with Crippen molar-refractivity contribution in [2.24, 2.45) is 0 Å². The number of hydrogen-bond donors (Lipinski definition) is 0. The molecule has 1 spiro atoms. The molecule has 0 N–H and O–H groups in total. The van der Waals surface area contributed by atoms with E-state index in [2.05, 4.69) is 12.1 Å². The summed E-state index contributed by atoms with van der Waals surface area (Å²) in [6.07, 6.45) is 2.15. The number of urea groups is 1. The van der Waals surface area contributed by atoms with Crippen molar-refractivity contribution in [2.45, 2.75) is 30.7 Å². The van der Waals surface area contributed by atoms with Crippen LogP contribution in [0.15, 0.2) is 30.3 Å². The number of methoxy groups -OCH3 is 1. The van der Waals surface area contributed by atoms with Gasteiger partial charge in [-0.05, 0) is 18.4 Å². The van der Waals surface area contributed by atoms with Gasteiger partial charge in [-0.2, -0.15) is 0 Å². The number of rotatable bonds is 4. The summed E-state index contributed by atoms with van der Waals surface area (Å²) in [6.45, 7) is 2.50. The van der Waals surface area contributed by atoms with Crippen LogP contribution in [-0.4, -0.2) is 79.6 Å². The first-order chi connectivity index (χ1) is 12.5. The highest BCUT2D eigenvalue weighted by Gasteiger charge is 2.54. The van der Waals surface area contributed by atoms with Gasteiger partial charge in [0.1, 0.15) is 0 Å². The smallest absolute Gasteiger partial charge is 0.319 e. The first-order valence-electron chi connectivity index (χ1n) is 9.30. The molecule has 0 bridgehead atoms. The fourth-order valence-corrected chi connectivity index (χ4v) is 4.54. The monoisotopic (exact) mass is 359 g/mol. The van der Waals surface area contributed by atoms with Crippen LogP contribution in [0.5, 0.6) is 0 Å². The Labute approximate surface area is 155 Å². The van der Waals surface area contributed by atoms with Crippen LogP contribution >= 0.6 is 0 Å².